The molecule has 104 valence electrons. The van der Waals surface area contributed by atoms with Gasteiger partial charge in [0, 0.05) is 11.5 Å². The third-order valence-electron chi connectivity index (χ3n) is 2.79. The molecule has 0 atom stereocenters. The van der Waals surface area contributed by atoms with E-state index in [0.717, 1.165) is 22.6 Å². The van der Waals surface area contributed by atoms with Gasteiger partial charge in [-0.25, -0.2) is 4.79 Å². The predicted octanol–water partition coefficient (Wildman–Crippen LogP) is 3.44. The number of rotatable bonds is 4. The zero-order valence-electron chi connectivity index (χ0n) is 11.0. The summed E-state index contributed by atoms with van der Waals surface area (Å²) < 4.78 is 0.625. The van der Waals surface area contributed by atoms with E-state index in [2.05, 4.69) is 0 Å². The van der Waals surface area contributed by atoms with Crippen molar-refractivity contribution in [2.24, 2.45) is 0 Å². The number of benzene rings is 1. The van der Waals surface area contributed by atoms with Crippen LogP contribution in [0.4, 0.5) is 0 Å². The molecule has 1 saturated heterocycles. The largest absolute Gasteiger partial charge is 0.477 e. The van der Waals surface area contributed by atoms with Crippen LogP contribution in [0.1, 0.15) is 12.5 Å². The summed E-state index contributed by atoms with van der Waals surface area (Å²) in [4.78, 5) is 23.5. The van der Waals surface area contributed by atoms with Gasteiger partial charge >= 0.3 is 5.97 Å². The van der Waals surface area contributed by atoms with Gasteiger partial charge in [0.05, 0.1) is 4.24 Å². The average Bonchev–Trinajstić information content (AvgIpc) is 2.93. The molecule has 1 aliphatic rings. The summed E-state index contributed by atoms with van der Waals surface area (Å²) in [6, 6.07) is 9.46. The van der Waals surface area contributed by atoms with Gasteiger partial charge in [-0.2, -0.15) is 0 Å². The highest BCUT2D eigenvalue weighted by Gasteiger charge is 2.24. The molecule has 1 fully saturated rings. The third kappa shape index (κ3) is 3.55. The summed E-state index contributed by atoms with van der Waals surface area (Å²) in [7, 11) is 0. The zero-order valence-corrected chi connectivity index (χ0v) is 12.6. The molecule has 1 aliphatic heterocycles. The molecule has 0 saturated carbocycles. The maximum atomic E-state index is 12.2. The molecular weight excluding hydrogens is 292 g/mol. The fourth-order valence-electron chi connectivity index (χ4n) is 1.80. The van der Waals surface area contributed by atoms with E-state index in [-0.39, 0.29) is 5.57 Å². The van der Waals surface area contributed by atoms with Gasteiger partial charge in [0.2, 0.25) is 0 Å². The first-order valence-corrected chi connectivity index (χ1v) is 8.08. The summed E-state index contributed by atoms with van der Waals surface area (Å²) in [5.74, 6) is 0.122. The van der Waals surface area contributed by atoms with Crippen LogP contribution in [0.3, 0.4) is 0 Å². The van der Waals surface area contributed by atoms with Gasteiger partial charge in [0.25, 0.3) is 0 Å². The minimum atomic E-state index is -1.15. The second kappa shape index (κ2) is 6.81. The van der Waals surface area contributed by atoms with E-state index in [1.165, 1.54) is 29.6 Å². The molecular formula is C15H14O3S2. The average molecular weight is 306 g/mol. The van der Waals surface area contributed by atoms with E-state index in [4.69, 9.17) is 0 Å². The normalized spacial score (nSPS) is 15.2. The van der Waals surface area contributed by atoms with Crippen LogP contribution in [0.15, 0.2) is 46.2 Å². The van der Waals surface area contributed by atoms with Gasteiger partial charge in [-0.3, -0.25) is 4.79 Å². The van der Waals surface area contributed by atoms with E-state index in [1.807, 2.05) is 37.3 Å². The number of ketones is 1. The number of carbonyl (C=O) groups is 2. The molecule has 0 bridgehead atoms. The maximum absolute atomic E-state index is 12.2. The molecule has 2 rings (SSSR count). The lowest BCUT2D eigenvalue weighted by molar-refractivity contribution is -0.134. The van der Waals surface area contributed by atoms with E-state index in [1.54, 1.807) is 0 Å². The van der Waals surface area contributed by atoms with Gasteiger partial charge < -0.3 is 5.11 Å². The van der Waals surface area contributed by atoms with Gasteiger partial charge in [-0.1, -0.05) is 30.3 Å². The van der Waals surface area contributed by atoms with Crippen LogP contribution < -0.4 is 0 Å². The molecule has 1 aromatic rings. The predicted molar refractivity (Wildman–Crippen MR) is 84.7 cm³/mol. The second-order valence-electron chi connectivity index (χ2n) is 4.22. The number of carboxylic acids is 1. The number of carboxylic acid groups (broad SMARTS) is 1. The van der Waals surface area contributed by atoms with Crippen molar-refractivity contribution < 1.29 is 14.7 Å². The van der Waals surface area contributed by atoms with E-state index < -0.39 is 11.8 Å². The van der Waals surface area contributed by atoms with E-state index in [0.29, 0.717) is 4.24 Å². The second-order valence-corrected chi connectivity index (χ2v) is 6.69. The van der Waals surface area contributed by atoms with Gasteiger partial charge in [-0.05, 0) is 24.1 Å². The summed E-state index contributed by atoms with van der Waals surface area (Å²) in [5.41, 5.74) is 1.58. The van der Waals surface area contributed by atoms with Crippen molar-refractivity contribution in [1.29, 1.82) is 0 Å². The fraction of sp³-hybridized carbons (Fsp3) is 0.200. The summed E-state index contributed by atoms with van der Waals surface area (Å²) >= 11 is 2.88. The number of aliphatic carboxylic acids is 1. The Morgan fingerprint density at radius 2 is 1.75 bits per heavy atom. The molecule has 5 heteroatoms. The molecule has 0 aromatic heterocycles. The zero-order chi connectivity index (χ0) is 14.5. The number of allylic oxidation sites excluding steroid dienone is 2. The van der Waals surface area contributed by atoms with Gasteiger partial charge in [0.15, 0.2) is 5.78 Å². The monoisotopic (exact) mass is 306 g/mol. The Morgan fingerprint density at radius 3 is 2.30 bits per heavy atom. The van der Waals surface area contributed by atoms with Crippen molar-refractivity contribution in [2.75, 3.05) is 11.5 Å². The smallest absolute Gasteiger partial charge is 0.341 e. The first kappa shape index (κ1) is 14.9. The van der Waals surface area contributed by atoms with Crippen LogP contribution in [-0.4, -0.2) is 28.4 Å². The molecule has 1 aromatic carbocycles. The van der Waals surface area contributed by atoms with Crippen LogP contribution >= 0.6 is 23.5 Å². The molecule has 1 heterocycles. The van der Waals surface area contributed by atoms with Crippen molar-refractivity contribution in [3.05, 3.63) is 51.8 Å². The molecule has 20 heavy (non-hydrogen) atoms. The third-order valence-corrected chi connectivity index (χ3v) is 5.51. The molecule has 3 nitrogen and oxygen atoms in total. The summed E-state index contributed by atoms with van der Waals surface area (Å²) in [5, 5.41) is 9.25. The standard InChI is InChI=1S/C15H14O3S2/c1-10(11-5-3-2-4-6-11)9-12(16)13(14(17)18)15-19-7-8-20-15/h2-6,9H,7-8H2,1H3,(H,17,18)/b10-9+. The molecule has 1 N–H and O–H groups in total. The quantitative estimate of drug-likeness (QED) is 0.524. The summed E-state index contributed by atoms with van der Waals surface area (Å²) in [6.45, 7) is 1.81. The molecule has 0 amide bonds. The maximum Gasteiger partial charge on any atom is 0.341 e. The number of thioether (sulfide) groups is 2. The minimum absolute atomic E-state index is 0.104. The Balaban J connectivity index is 2.30. The van der Waals surface area contributed by atoms with Crippen LogP contribution in [0, 0.1) is 0 Å². The summed E-state index contributed by atoms with van der Waals surface area (Å²) in [6.07, 6.45) is 1.41. The molecule has 0 aliphatic carbocycles. The number of hydrogen-bond acceptors (Lipinski definition) is 4. The minimum Gasteiger partial charge on any atom is -0.477 e. The van der Waals surface area contributed by atoms with E-state index in [9.17, 15) is 14.7 Å². The highest BCUT2D eigenvalue weighted by molar-refractivity contribution is 8.25. The Hall–Kier alpha value is -1.46. The highest BCUT2D eigenvalue weighted by atomic mass is 32.2. The lowest BCUT2D eigenvalue weighted by Gasteiger charge is -2.04. The molecule has 0 unspecified atom stereocenters. The Kier molecular flexibility index (Phi) is 5.09. The lowest BCUT2D eigenvalue weighted by Crippen LogP contribution is -2.11. The van der Waals surface area contributed by atoms with Crippen LogP contribution in [0.25, 0.3) is 5.57 Å². The first-order chi connectivity index (χ1) is 9.59. The Labute approximate surface area is 126 Å². The molecule has 0 radical (unpaired) electrons. The topological polar surface area (TPSA) is 54.4 Å². The SMILES string of the molecule is C/C(=C\C(=O)C(C(=O)O)=C1SCCS1)c1ccccc1. The van der Waals surface area contributed by atoms with Gasteiger partial charge in [-0.15, -0.1) is 23.5 Å². The number of hydrogen-bond donors (Lipinski definition) is 1. The van der Waals surface area contributed by atoms with Gasteiger partial charge in [0.1, 0.15) is 5.57 Å². The first-order valence-electron chi connectivity index (χ1n) is 6.11. The van der Waals surface area contributed by atoms with Crippen LogP contribution in [-0.2, 0) is 9.59 Å². The lowest BCUT2D eigenvalue weighted by atomic mass is 10.0. The number of carbonyl (C=O) groups excluding carboxylic acids is 1. The highest BCUT2D eigenvalue weighted by Crippen LogP contribution is 2.39. The van der Waals surface area contributed by atoms with Crippen molar-refractivity contribution >= 4 is 40.8 Å². The van der Waals surface area contributed by atoms with Crippen LogP contribution in [0.5, 0.6) is 0 Å². The van der Waals surface area contributed by atoms with Crippen molar-refractivity contribution in [2.45, 2.75) is 6.92 Å². The van der Waals surface area contributed by atoms with Crippen molar-refractivity contribution in [1.82, 2.24) is 0 Å². The van der Waals surface area contributed by atoms with Crippen molar-refractivity contribution in [3.8, 4) is 0 Å². The fourth-order valence-corrected chi connectivity index (χ4v) is 4.34. The van der Waals surface area contributed by atoms with Crippen LogP contribution in [0.2, 0.25) is 0 Å². The van der Waals surface area contributed by atoms with E-state index >= 15 is 0 Å². The van der Waals surface area contributed by atoms with Crippen molar-refractivity contribution in [3.63, 3.8) is 0 Å². The molecule has 0 spiro atoms. The Bertz CT molecular complexity index is 580. The Morgan fingerprint density at radius 1 is 1.15 bits per heavy atom.